The number of nitrogens with zero attached hydrogens (tertiary/aromatic N) is 3. The first kappa shape index (κ1) is 16.4. The van der Waals surface area contributed by atoms with E-state index in [4.69, 9.17) is 5.26 Å². The molecule has 1 aliphatic rings. The van der Waals surface area contributed by atoms with E-state index in [-0.39, 0.29) is 5.16 Å². The minimum atomic E-state index is -3.55. The Morgan fingerprint density at radius 3 is 2.83 bits per heavy atom. The summed E-state index contributed by atoms with van der Waals surface area (Å²) in [5, 5.41) is 8.88. The van der Waals surface area contributed by atoms with Crippen LogP contribution in [0.4, 0.5) is 0 Å². The molecule has 0 radical (unpaired) electrons. The first-order valence-corrected chi connectivity index (χ1v) is 9.30. The van der Waals surface area contributed by atoms with Crippen molar-refractivity contribution in [2.45, 2.75) is 24.7 Å². The lowest BCUT2D eigenvalue weighted by Crippen LogP contribution is -2.36. The summed E-state index contributed by atoms with van der Waals surface area (Å²) in [5.41, 5.74) is 2.12. The predicted octanol–water partition coefficient (Wildman–Crippen LogP) is 0.603. The molecule has 0 amide bonds. The summed E-state index contributed by atoms with van der Waals surface area (Å²) in [5.74, 6) is 0. The van der Waals surface area contributed by atoms with Crippen molar-refractivity contribution in [2.24, 2.45) is 0 Å². The number of hydrogen-bond acceptors (Lipinski definition) is 6. The van der Waals surface area contributed by atoms with Crippen LogP contribution in [0.5, 0.6) is 0 Å². The molecule has 8 heteroatoms. The van der Waals surface area contributed by atoms with E-state index in [1.807, 2.05) is 18.2 Å². The average Bonchev–Trinajstić information content (AvgIpc) is 2.55. The molecule has 0 unspecified atom stereocenters. The fourth-order valence-corrected chi connectivity index (χ4v) is 3.33. The third kappa shape index (κ3) is 3.22. The Morgan fingerprint density at radius 1 is 1.38 bits per heavy atom. The standard InChI is InChI=1S/C16H16N4O3S/c1-24(22,23)16-18-14-6-7-20(10-13(14)15(21)19-16)9-12-5-3-2-4-11(12)8-17/h2-5H,6-7,9-10H2,1H3,(H,18,19,21). The number of H-pyrrole nitrogens is 1. The Balaban J connectivity index is 1.88. The van der Waals surface area contributed by atoms with Crippen LogP contribution in [0.25, 0.3) is 0 Å². The highest BCUT2D eigenvalue weighted by molar-refractivity contribution is 7.90. The molecule has 0 spiro atoms. The maximum Gasteiger partial charge on any atom is 0.256 e. The van der Waals surface area contributed by atoms with E-state index in [1.54, 1.807) is 6.07 Å². The van der Waals surface area contributed by atoms with E-state index < -0.39 is 15.4 Å². The highest BCUT2D eigenvalue weighted by Gasteiger charge is 2.23. The quantitative estimate of drug-likeness (QED) is 0.817. The average molecular weight is 344 g/mol. The minimum Gasteiger partial charge on any atom is -0.297 e. The van der Waals surface area contributed by atoms with Crippen LogP contribution in [0.2, 0.25) is 0 Å². The second kappa shape index (κ2) is 6.19. The molecule has 0 atom stereocenters. The maximum absolute atomic E-state index is 12.2. The summed E-state index contributed by atoms with van der Waals surface area (Å²) < 4.78 is 23.1. The molecule has 1 aromatic heterocycles. The molecule has 3 rings (SSSR count). The molecule has 0 saturated heterocycles. The lowest BCUT2D eigenvalue weighted by Gasteiger charge is -2.27. The van der Waals surface area contributed by atoms with E-state index >= 15 is 0 Å². The molecule has 24 heavy (non-hydrogen) atoms. The number of sulfone groups is 1. The second-order valence-corrected chi connectivity index (χ2v) is 7.73. The Morgan fingerprint density at radius 2 is 2.12 bits per heavy atom. The van der Waals surface area contributed by atoms with Gasteiger partial charge in [-0.2, -0.15) is 5.26 Å². The van der Waals surface area contributed by atoms with Crippen molar-refractivity contribution in [3.8, 4) is 6.07 Å². The summed E-state index contributed by atoms with van der Waals surface area (Å²) in [6.07, 6.45) is 1.52. The van der Waals surface area contributed by atoms with Gasteiger partial charge in [0, 0.05) is 32.3 Å². The molecule has 0 saturated carbocycles. The summed E-state index contributed by atoms with van der Waals surface area (Å²) in [6, 6.07) is 9.51. The number of aromatic amines is 1. The summed E-state index contributed by atoms with van der Waals surface area (Å²) in [7, 11) is -3.55. The van der Waals surface area contributed by atoms with Gasteiger partial charge in [-0.15, -0.1) is 0 Å². The summed E-state index contributed by atoms with van der Waals surface area (Å²) in [6.45, 7) is 1.57. The molecule has 124 valence electrons. The zero-order valence-electron chi connectivity index (χ0n) is 13.1. The summed E-state index contributed by atoms with van der Waals surface area (Å²) in [4.78, 5) is 20.7. The van der Waals surface area contributed by atoms with Gasteiger partial charge in [0.05, 0.1) is 22.9 Å². The molecule has 1 N–H and O–H groups in total. The number of nitrogens with one attached hydrogen (secondary N) is 1. The van der Waals surface area contributed by atoms with Gasteiger partial charge in [0.2, 0.25) is 15.0 Å². The van der Waals surface area contributed by atoms with E-state index in [0.717, 1.165) is 11.8 Å². The Kier molecular flexibility index (Phi) is 4.22. The van der Waals surface area contributed by atoms with Gasteiger partial charge in [0.1, 0.15) is 0 Å². The number of benzene rings is 1. The topological polar surface area (TPSA) is 107 Å². The largest absolute Gasteiger partial charge is 0.297 e. The molecule has 0 bridgehead atoms. The molecule has 7 nitrogen and oxygen atoms in total. The van der Waals surface area contributed by atoms with Crippen molar-refractivity contribution in [1.82, 2.24) is 14.9 Å². The number of nitriles is 1. The van der Waals surface area contributed by atoms with Gasteiger partial charge in [0.15, 0.2) is 0 Å². The van der Waals surface area contributed by atoms with Gasteiger partial charge < -0.3 is 0 Å². The van der Waals surface area contributed by atoms with Crippen LogP contribution >= 0.6 is 0 Å². The molecule has 0 fully saturated rings. The third-order valence-corrected chi connectivity index (χ3v) is 4.90. The van der Waals surface area contributed by atoms with Gasteiger partial charge in [-0.05, 0) is 11.6 Å². The molecular formula is C16H16N4O3S. The number of aromatic nitrogens is 2. The zero-order chi connectivity index (χ0) is 17.3. The van der Waals surface area contributed by atoms with Crippen molar-refractivity contribution < 1.29 is 8.42 Å². The first-order valence-electron chi connectivity index (χ1n) is 7.41. The van der Waals surface area contributed by atoms with Crippen LogP contribution in [0, 0.1) is 11.3 Å². The van der Waals surface area contributed by atoms with Gasteiger partial charge in [-0.3, -0.25) is 14.7 Å². The van der Waals surface area contributed by atoms with Crippen LogP contribution in [-0.4, -0.2) is 36.1 Å². The number of fused-ring (bicyclic) bond motifs is 1. The number of rotatable bonds is 3. The van der Waals surface area contributed by atoms with Crippen molar-refractivity contribution >= 4 is 9.84 Å². The van der Waals surface area contributed by atoms with E-state index in [9.17, 15) is 13.2 Å². The van der Waals surface area contributed by atoms with Crippen molar-refractivity contribution in [1.29, 1.82) is 5.26 Å². The second-order valence-electron chi connectivity index (χ2n) is 5.80. The molecule has 2 aromatic rings. The Hall–Kier alpha value is -2.50. The fraction of sp³-hybridized carbons (Fsp3) is 0.312. The predicted molar refractivity (Wildman–Crippen MR) is 86.9 cm³/mol. The van der Waals surface area contributed by atoms with Crippen LogP contribution < -0.4 is 5.56 Å². The Bertz CT molecular complexity index is 989. The lowest BCUT2D eigenvalue weighted by atomic mass is 10.0. The van der Waals surface area contributed by atoms with Crippen molar-refractivity contribution in [2.75, 3.05) is 12.8 Å². The van der Waals surface area contributed by atoms with Gasteiger partial charge >= 0.3 is 0 Å². The van der Waals surface area contributed by atoms with Crippen molar-refractivity contribution in [3.05, 3.63) is 57.0 Å². The van der Waals surface area contributed by atoms with Crippen LogP contribution in [0.3, 0.4) is 0 Å². The van der Waals surface area contributed by atoms with E-state index in [1.165, 1.54) is 0 Å². The highest BCUT2D eigenvalue weighted by atomic mass is 32.2. The molecule has 1 aliphatic heterocycles. The maximum atomic E-state index is 12.2. The monoisotopic (exact) mass is 344 g/mol. The highest BCUT2D eigenvalue weighted by Crippen LogP contribution is 2.18. The Labute approximate surface area is 139 Å². The van der Waals surface area contributed by atoms with Gasteiger partial charge in [-0.1, -0.05) is 18.2 Å². The van der Waals surface area contributed by atoms with E-state index in [2.05, 4.69) is 20.9 Å². The fourth-order valence-electron chi connectivity index (χ4n) is 2.78. The number of hydrogen-bond donors (Lipinski definition) is 1. The van der Waals surface area contributed by atoms with Crippen LogP contribution in [0.15, 0.2) is 34.2 Å². The van der Waals surface area contributed by atoms with E-state index in [0.29, 0.717) is 42.9 Å². The molecule has 2 heterocycles. The van der Waals surface area contributed by atoms with Crippen LogP contribution in [0.1, 0.15) is 22.4 Å². The van der Waals surface area contributed by atoms with Crippen LogP contribution in [-0.2, 0) is 29.3 Å². The molecular weight excluding hydrogens is 328 g/mol. The smallest absolute Gasteiger partial charge is 0.256 e. The molecule has 1 aromatic carbocycles. The lowest BCUT2D eigenvalue weighted by molar-refractivity contribution is 0.240. The third-order valence-electron chi connectivity index (χ3n) is 4.01. The SMILES string of the molecule is CS(=O)(=O)c1nc2c(c(=O)[nH]1)CN(Cc1ccccc1C#N)CC2. The van der Waals surface area contributed by atoms with Crippen molar-refractivity contribution in [3.63, 3.8) is 0 Å². The normalized spacial score (nSPS) is 14.8. The minimum absolute atomic E-state index is 0.283. The first-order chi connectivity index (χ1) is 11.4. The zero-order valence-corrected chi connectivity index (χ0v) is 13.9. The summed E-state index contributed by atoms with van der Waals surface area (Å²) >= 11 is 0. The molecule has 0 aliphatic carbocycles. The van der Waals surface area contributed by atoms with Gasteiger partial charge in [0.25, 0.3) is 5.56 Å². The van der Waals surface area contributed by atoms with Gasteiger partial charge in [-0.25, -0.2) is 13.4 Å².